The molecule has 0 heterocycles. The van der Waals surface area contributed by atoms with Gasteiger partial charge in [-0.05, 0) is 99.1 Å². The normalized spacial score (nSPS) is 16.7. The number of carbonyl (C=O) groups is 3. The van der Waals surface area contributed by atoms with Crippen molar-refractivity contribution in [3.05, 3.63) is 71.8 Å². The molecule has 4 N–H and O–H groups in total. The molecule has 1 saturated carbocycles. The summed E-state index contributed by atoms with van der Waals surface area (Å²) in [4.78, 5) is 50.4. The van der Waals surface area contributed by atoms with Crippen LogP contribution in [0, 0.1) is 0 Å². The number of alkyl carbamates (subject to hydrolysis) is 3. The van der Waals surface area contributed by atoms with Crippen molar-refractivity contribution in [2.75, 3.05) is 39.3 Å². The molecule has 1 aliphatic carbocycles. The highest BCUT2D eigenvalue weighted by molar-refractivity contribution is 7.47. The van der Waals surface area contributed by atoms with Gasteiger partial charge in [-0.3, -0.25) is 13.9 Å². The van der Waals surface area contributed by atoms with Crippen LogP contribution in [-0.2, 0) is 33.2 Å². The van der Waals surface area contributed by atoms with E-state index in [-0.39, 0.29) is 38.1 Å². The van der Waals surface area contributed by atoms with Gasteiger partial charge in [0.05, 0.1) is 18.8 Å². The molecule has 308 valence electrons. The van der Waals surface area contributed by atoms with Crippen LogP contribution in [0.3, 0.4) is 0 Å². The van der Waals surface area contributed by atoms with Crippen LogP contribution in [0.2, 0.25) is 0 Å². The molecule has 3 rings (SSSR count). The van der Waals surface area contributed by atoms with Crippen LogP contribution in [0.25, 0.3) is 0 Å². The molecule has 0 aromatic heterocycles. The zero-order valence-electron chi connectivity index (χ0n) is 34.0. The van der Waals surface area contributed by atoms with Gasteiger partial charge in [0.1, 0.15) is 16.8 Å². The van der Waals surface area contributed by atoms with Gasteiger partial charge >= 0.3 is 26.1 Å². The molecule has 2 aromatic carbocycles. The van der Waals surface area contributed by atoms with Crippen LogP contribution in [0.4, 0.5) is 14.4 Å². The van der Waals surface area contributed by atoms with E-state index in [9.17, 15) is 23.8 Å². The summed E-state index contributed by atoms with van der Waals surface area (Å²) in [6, 6.07) is 19.7. The Hall–Kier alpha value is -3.68. The topological polar surface area (TPSA) is 174 Å². The second-order valence-electron chi connectivity index (χ2n) is 16.9. The maximum absolute atomic E-state index is 13.4. The fourth-order valence-corrected chi connectivity index (χ4v) is 7.35. The quantitative estimate of drug-likeness (QED) is 0.0993. The van der Waals surface area contributed by atoms with E-state index >= 15 is 0 Å². The third-order valence-corrected chi connectivity index (χ3v) is 9.59. The monoisotopic (exact) mass is 790 g/mol. The molecular weight excluding hydrogens is 727 g/mol. The lowest BCUT2D eigenvalue weighted by atomic mass is 9.65. The Bertz CT molecular complexity index is 1470. The van der Waals surface area contributed by atoms with Crippen molar-refractivity contribution in [1.82, 2.24) is 20.9 Å². The zero-order valence-corrected chi connectivity index (χ0v) is 34.9. The first-order chi connectivity index (χ1) is 25.5. The highest BCUT2D eigenvalue weighted by Gasteiger charge is 2.41. The average molecular weight is 791 g/mol. The standard InChI is InChI=1S/C40H63N4O10P/c1-37(2,3)51-34(45)41-24-26-44(27-25-42-35(46)52-38(4,5)6)28-32(43-36(47)53-39(7,8)9)29-50-55(48,49)54-33-20-22-40(23-21-33,30-16-12-10-13-17-30)31-18-14-11-15-19-31/h10-19,32-33H,20-29H2,1-9H3,(H,41,45)(H,42,46)(H,43,47)(H,48,49)/t32-/m1/s1. The molecule has 3 amide bonds. The van der Waals surface area contributed by atoms with Crippen molar-refractivity contribution >= 4 is 26.1 Å². The van der Waals surface area contributed by atoms with Gasteiger partial charge in [-0.15, -0.1) is 0 Å². The second-order valence-corrected chi connectivity index (χ2v) is 18.3. The third kappa shape index (κ3) is 17.3. The smallest absolute Gasteiger partial charge is 0.444 e. The molecule has 1 aliphatic rings. The van der Waals surface area contributed by atoms with Gasteiger partial charge in [-0.25, -0.2) is 18.9 Å². The van der Waals surface area contributed by atoms with E-state index < -0.39 is 61.7 Å². The molecule has 0 bridgehead atoms. The summed E-state index contributed by atoms with van der Waals surface area (Å²) in [5.41, 5.74) is -0.0741. The van der Waals surface area contributed by atoms with Crippen molar-refractivity contribution in [2.45, 2.75) is 122 Å². The molecule has 15 heteroatoms. The molecule has 0 radical (unpaired) electrons. The van der Waals surface area contributed by atoms with Crippen LogP contribution >= 0.6 is 7.82 Å². The lowest BCUT2D eigenvalue weighted by Gasteiger charge is -2.41. The number of benzene rings is 2. The van der Waals surface area contributed by atoms with Gasteiger partial charge in [-0.2, -0.15) is 0 Å². The summed E-state index contributed by atoms with van der Waals surface area (Å²) in [6.45, 7) is 16.3. The Balaban J connectivity index is 1.71. The van der Waals surface area contributed by atoms with Crippen LogP contribution in [0.5, 0.6) is 0 Å². The first-order valence-corrected chi connectivity index (χ1v) is 20.5. The number of hydrogen-bond acceptors (Lipinski definition) is 10. The molecule has 14 nitrogen and oxygen atoms in total. The summed E-state index contributed by atoms with van der Waals surface area (Å²) < 4.78 is 40.9. The Morgan fingerprint density at radius 2 is 1.16 bits per heavy atom. The van der Waals surface area contributed by atoms with Crippen molar-refractivity contribution in [3.63, 3.8) is 0 Å². The molecule has 2 atom stereocenters. The number of hydrogen-bond donors (Lipinski definition) is 4. The molecule has 0 saturated heterocycles. The van der Waals surface area contributed by atoms with Gasteiger partial charge in [-0.1, -0.05) is 60.7 Å². The first kappa shape index (κ1) is 45.7. The minimum atomic E-state index is -4.59. The van der Waals surface area contributed by atoms with Gasteiger partial charge in [0, 0.05) is 38.1 Å². The summed E-state index contributed by atoms with van der Waals surface area (Å²) in [5, 5.41) is 8.17. The highest BCUT2D eigenvalue weighted by Crippen LogP contribution is 2.51. The van der Waals surface area contributed by atoms with Gasteiger partial charge in [0.15, 0.2) is 0 Å². The summed E-state index contributed by atoms with van der Waals surface area (Å²) in [6.07, 6.45) is -0.00682. The fraction of sp³-hybridized carbons (Fsp3) is 0.625. The predicted octanol–water partition coefficient (Wildman–Crippen LogP) is 7.29. The summed E-state index contributed by atoms with van der Waals surface area (Å²) in [5.74, 6) is 0. The number of phosphoric acid groups is 1. The van der Waals surface area contributed by atoms with E-state index in [1.165, 1.54) is 11.1 Å². The van der Waals surface area contributed by atoms with Gasteiger partial charge < -0.3 is 35.1 Å². The SMILES string of the molecule is CC(C)(C)OC(=O)NCCN(CCNC(=O)OC(C)(C)C)C[C@H](COP(=O)(O)OC1CCC(c2ccccc2)(c2ccccc2)CC1)NC(=O)OC(C)(C)C. The Kier molecular flexibility index (Phi) is 16.6. The molecule has 0 aliphatic heterocycles. The zero-order chi connectivity index (χ0) is 40.9. The number of carbonyl (C=O) groups excluding carboxylic acids is 3. The molecule has 2 aromatic rings. The highest BCUT2D eigenvalue weighted by atomic mass is 31.2. The van der Waals surface area contributed by atoms with Crippen molar-refractivity contribution in [2.24, 2.45) is 0 Å². The maximum atomic E-state index is 13.4. The number of phosphoric ester groups is 1. The van der Waals surface area contributed by atoms with E-state index in [1.54, 1.807) is 62.3 Å². The molecule has 1 unspecified atom stereocenters. The number of nitrogens with zero attached hydrogens (tertiary/aromatic N) is 1. The van der Waals surface area contributed by atoms with Crippen molar-refractivity contribution < 1.29 is 47.1 Å². The predicted molar refractivity (Wildman–Crippen MR) is 211 cm³/mol. The number of rotatable bonds is 16. The molecule has 55 heavy (non-hydrogen) atoms. The van der Waals surface area contributed by atoms with Crippen molar-refractivity contribution in [1.29, 1.82) is 0 Å². The van der Waals surface area contributed by atoms with Crippen LogP contribution in [0.15, 0.2) is 60.7 Å². The third-order valence-electron chi connectivity index (χ3n) is 8.55. The van der Waals surface area contributed by atoms with E-state index in [2.05, 4.69) is 40.2 Å². The van der Waals surface area contributed by atoms with E-state index in [1.807, 2.05) is 41.3 Å². The van der Waals surface area contributed by atoms with Gasteiger partial charge in [0.25, 0.3) is 0 Å². The minimum Gasteiger partial charge on any atom is -0.444 e. The fourth-order valence-electron chi connectivity index (χ4n) is 6.33. The Morgan fingerprint density at radius 3 is 1.58 bits per heavy atom. The lowest BCUT2D eigenvalue weighted by Crippen LogP contribution is -2.50. The number of amides is 3. The second kappa shape index (κ2) is 20.0. The van der Waals surface area contributed by atoms with Crippen molar-refractivity contribution in [3.8, 4) is 0 Å². The number of nitrogens with one attached hydrogen (secondary N) is 3. The average Bonchev–Trinajstić information content (AvgIpc) is 3.06. The van der Waals surface area contributed by atoms with E-state index in [4.69, 9.17) is 23.3 Å². The lowest BCUT2D eigenvalue weighted by molar-refractivity contribution is 0.0411. The van der Waals surface area contributed by atoms with E-state index in [0.717, 1.165) is 0 Å². The summed E-state index contributed by atoms with van der Waals surface area (Å²) in [7, 11) is -4.59. The Morgan fingerprint density at radius 1 is 0.745 bits per heavy atom. The van der Waals surface area contributed by atoms with Gasteiger partial charge in [0.2, 0.25) is 0 Å². The van der Waals surface area contributed by atoms with Crippen LogP contribution in [-0.4, -0.2) is 96.4 Å². The first-order valence-electron chi connectivity index (χ1n) is 19.0. The molecular formula is C40H63N4O10P. The van der Waals surface area contributed by atoms with E-state index in [0.29, 0.717) is 25.7 Å². The largest absolute Gasteiger partial charge is 0.472 e. The van der Waals surface area contributed by atoms with Crippen LogP contribution in [0.1, 0.15) is 99.1 Å². The molecule has 0 spiro atoms. The van der Waals surface area contributed by atoms with Crippen LogP contribution < -0.4 is 16.0 Å². The maximum Gasteiger partial charge on any atom is 0.472 e. The minimum absolute atomic E-state index is 0.0886. The molecule has 1 fully saturated rings. The summed E-state index contributed by atoms with van der Waals surface area (Å²) >= 11 is 0. The number of ether oxygens (including phenoxy) is 3. The Labute approximate surface area is 327 Å².